The number of aliphatic hydroxyl groups excluding tert-OH is 1. The van der Waals surface area contributed by atoms with Crippen molar-refractivity contribution in [3.63, 3.8) is 0 Å². The van der Waals surface area contributed by atoms with Crippen molar-refractivity contribution in [2.45, 2.75) is 126 Å². The number of hydrogen-bond donors (Lipinski definition) is 4. The number of carbonyl (C=O) groups is 4. The van der Waals surface area contributed by atoms with Crippen LogP contribution in [0.25, 0.3) is 0 Å². The maximum absolute atomic E-state index is 13.4. The summed E-state index contributed by atoms with van der Waals surface area (Å²) in [6.07, 6.45) is 2.45. The number of nitrogens with one attached hydrogen (secondary N) is 3. The van der Waals surface area contributed by atoms with Crippen molar-refractivity contribution in [3.8, 4) is 0 Å². The van der Waals surface area contributed by atoms with E-state index in [0.717, 1.165) is 18.8 Å². The molecule has 0 saturated heterocycles. The number of amides is 3. The van der Waals surface area contributed by atoms with Crippen molar-refractivity contribution >= 4 is 23.5 Å². The normalized spacial score (nSPS) is 15.1. The number of unbranched alkanes of at least 4 members (excludes halogenated alkanes) is 1. The number of ketones is 1. The SMILES string of the molecule is CCC(C)C(C)(C)C.CCCCC(NC(C)=O)C(O)C(=O)NCC(=O)NC(C(=O)C(CC)C(C)(C)C)c1ccccc1. The molecule has 0 radical (unpaired) electrons. The summed E-state index contributed by atoms with van der Waals surface area (Å²) in [4.78, 5) is 50.0. The molecule has 0 spiro atoms. The van der Waals surface area contributed by atoms with Gasteiger partial charge in [0.25, 0.3) is 5.91 Å². The summed E-state index contributed by atoms with van der Waals surface area (Å²) in [5.74, 6) is -1.16. The fraction of sp³-hybridized carbons (Fsp3) is 0.706. The van der Waals surface area contributed by atoms with Gasteiger partial charge in [-0.15, -0.1) is 0 Å². The first-order valence-corrected chi connectivity index (χ1v) is 15.5. The predicted molar refractivity (Wildman–Crippen MR) is 171 cm³/mol. The van der Waals surface area contributed by atoms with E-state index in [1.165, 1.54) is 13.3 Å². The molecule has 0 aromatic heterocycles. The molecule has 0 aliphatic carbocycles. The van der Waals surface area contributed by atoms with Crippen LogP contribution >= 0.6 is 0 Å². The molecule has 4 N–H and O–H groups in total. The molecule has 42 heavy (non-hydrogen) atoms. The Morgan fingerprint density at radius 3 is 1.83 bits per heavy atom. The van der Waals surface area contributed by atoms with E-state index in [9.17, 15) is 24.3 Å². The topological polar surface area (TPSA) is 125 Å². The minimum absolute atomic E-state index is 0.0915. The summed E-state index contributed by atoms with van der Waals surface area (Å²) in [5, 5.41) is 18.2. The first kappa shape index (κ1) is 39.3. The van der Waals surface area contributed by atoms with E-state index < -0.39 is 36.5 Å². The average Bonchev–Trinajstić information content (AvgIpc) is 2.91. The number of rotatable bonds is 14. The highest BCUT2D eigenvalue weighted by Gasteiger charge is 2.36. The van der Waals surface area contributed by atoms with Crippen molar-refractivity contribution in [3.05, 3.63) is 35.9 Å². The Labute approximate surface area is 255 Å². The van der Waals surface area contributed by atoms with Crippen LogP contribution in [0.4, 0.5) is 0 Å². The molecule has 5 atom stereocenters. The van der Waals surface area contributed by atoms with Gasteiger partial charge >= 0.3 is 0 Å². The zero-order valence-corrected chi connectivity index (χ0v) is 28.1. The highest BCUT2D eigenvalue weighted by atomic mass is 16.3. The molecule has 0 saturated carbocycles. The summed E-state index contributed by atoms with van der Waals surface area (Å²) in [5.41, 5.74) is 0.897. The van der Waals surface area contributed by atoms with Crippen LogP contribution in [0, 0.1) is 22.7 Å². The lowest BCUT2D eigenvalue weighted by Crippen LogP contribution is -2.52. The molecule has 0 bridgehead atoms. The Bertz CT molecular complexity index is 966. The van der Waals surface area contributed by atoms with Gasteiger partial charge in [-0.1, -0.05) is 119 Å². The Morgan fingerprint density at radius 1 is 0.857 bits per heavy atom. The standard InChI is InChI=1S/C26H41N3O5.C8H18/c1-7-9-15-20(28-17(3)30)24(33)25(34)27-16-21(31)29-22(18-13-11-10-12-14-18)23(32)19(8-2)26(4,5)6;1-6-7(2)8(3,4)5/h10-14,19-20,22,24,33H,7-9,15-16H2,1-6H3,(H,27,34)(H,28,30)(H,29,31);7H,6H2,1-5H3. The second-order valence-electron chi connectivity index (χ2n) is 13.4. The smallest absolute Gasteiger partial charge is 0.251 e. The van der Waals surface area contributed by atoms with Crippen LogP contribution < -0.4 is 16.0 Å². The summed E-state index contributed by atoms with van der Waals surface area (Å²) in [7, 11) is 0. The van der Waals surface area contributed by atoms with Gasteiger partial charge in [0.1, 0.15) is 6.04 Å². The Kier molecular flexibility index (Phi) is 17.5. The molecule has 0 aliphatic rings. The van der Waals surface area contributed by atoms with Gasteiger partial charge in [0.15, 0.2) is 11.9 Å². The zero-order chi connectivity index (χ0) is 32.7. The summed E-state index contributed by atoms with van der Waals surface area (Å²) in [6, 6.07) is 7.41. The van der Waals surface area contributed by atoms with Crippen molar-refractivity contribution < 1.29 is 24.3 Å². The fourth-order valence-corrected chi connectivity index (χ4v) is 4.68. The van der Waals surface area contributed by atoms with Gasteiger partial charge in [-0.3, -0.25) is 19.2 Å². The molecule has 1 rings (SSSR count). The molecule has 0 aliphatic heterocycles. The predicted octanol–water partition coefficient (Wildman–Crippen LogP) is 5.74. The molecule has 240 valence electrons. The molecule has 8 nitrogen and oxygen atoms in total. The molecule has 3 amide bonds. The Hall–Kier alpha value is -2.74. The molecular formula is C34H59N3O5. The summed E-state index contributed by atoms with van der Waals surface area (Å²) < 4.78 is 0. The molecule has 1 aromatic rings. The average molecular weight is 590 g/mol. The van der Waals surface area contributed by atoms with E-state index in [-0.39, 0.29) is 23.0 Å². The lowest BCUT2D eigenvalue weighted by molar-refractivity contribution is -0.135. The van der Waals surface area contributed by atoms with E-state index >= 15 is 0 Å². The number of aliphatic hydroxyl groups is 1. The second-order valence-corrected chi connectivity index (χ2v) is 13.4. The first-order valence-electron chi connectivity index (χ1n) is 15.5. The van der Waals surface area contributed by atoms with E-state index in [4.69, 9.17) is 0 Å². The maximum atomic E-state index is 13.4. The van der Waals surface area contributed by atoms with Crippen molar-refractivity contribution in [2.24, 2.45) is 22.7 Å². The lowest BCUT2D eigenvalue weighted by atomic mass is 9.74. The van der Waals surface area contributed by atoms with Gasteiger partial charge in [-0.25, -0.2) is 0 Å². The van der Waals surface area contributed by atoms with Crippen LogP contribution in [0.1, 0.15) is 120 Å². The van der Waals surface area contributed by atoms with Crippen LogP contribution in [0.2, 0.25) is 0 Å². The third kappa shape index (κ3) is 14.4. The highest BCUT2D eigenvalue weighted by molar-refractivity contribution is 5.93. The Morgan fingerprint density at radius 2 is 1.43 bits per heavy atom. The number of benzene rings is 1. The molecular weight excluding hydrogens is 530 g/mol. The molecule has 5 unspecified atom stereocenters. The first-order chi connectivity index (χ1) is 19.4. The highest BCUT2D eigenvalue weighted by Crippen LogP contribution is 2.33. The Balaban J connectivity index is 0.00000183. The summed E-state index contributed by atoms with van der Waals surface area (Å²) >= 11 is 0. The minimum Gasteiger partial charge on any atom is -0.381 e. The largest absolute Gasteiger partial charge is 0.381 e. The van der Waals surface area contributed by atoms with E-state index in [0.29, 0.717) is 23.8 Å². The minimum atomic E-state index is -1.49. The number of carbonyl (C=O) groups excluding carboxylic acids is 4. The lowest BCUT2D eigenvalue weighted by Gasteiger charge is -2.32. The zero-order valence-electron chi connectivity index (χ0n) is 28.1. The van der Waals surface area contributed by atoms with Crippen molar-refractivity contribution in [1.29, 1.82) is 0 Å². The quantitative estimate of drug-likeness (QED) is 0.220. The van der Waals surface area contributed by atoms with Crippen LogP contribution in [0.15, 0.2) is 30.3 Å². The third-order valence-electron chi connectivity index (χ3n) is 7.94. The van der Waals surface area contributed by atoms with Crippen LogP contribution in [-0.4, -0.2) is 47.3 Å². The van der Waals surface area contributed by atoms with Crippen LogP contribution in [0.5, 0.6) is 0 Å². The van der Waals surface area contributed by atoms with Gasteiger partial charge in [0, 0.05) is 12.8 Å². The fourth-order valence-electron chi connectivity index (χ4n) is 4.68. The molecule has 0 fully saturated rings. The van der Waals surface area contributed by atoms with Crippen molar-refractivity contribution in [1.82, 2.24) is 16.0 Å². The van der Waals surface area contributed by atoms with Crippen LogP contribution in [-0.2, 0) is 19.2 Å². The monoisotopic (exact) mass is 589 g/mol. The third-order valence-corrected chi connectivity index (χ3v) is 7.94. The van der Waals surface area contributed by atoms with E-state index in [2.05, 4.69) is 50.6 Å². The van der Waals surface area contributed by atoms with Gasteiger partial charge < -0.3 is 21.1 Å². The molecule has 1 aromatic carbocycles. The van der Waals surface area contributed by atoms with Gasteiger partial charge in [-0.2, -0.15) is 0 Å². The summed E-state index contributed by atoms with van der Waals surface area (Å²) in [6.45, 7) is 22.2. The number of Topliss-reactive ketones (excluding diaryl/α,β-unsaturated/α-hetero) is 1. The number of hydrogen-bond acceptors (Lipinski definition) is 5. The van der Waals surface area contributed by atoms with Gasteiger partial charge in [-0.05, 0) is 35.2 Å². The van der Waals surface area contributed by atoms with Gasteiger partial charge in [0.2, 0.25) is 11.8 Å². The molecule has 0 heterocycles. The second kappa shape index (κ2) is 18.7. The van der Waals surface area contributed by atoms with Gasteiger partial charge in [0.05, 0.1) is 12.6 Å². The molecule has 8 heteroatoms. The van der Waals surface area contributed by atoms with Crippen LogP contribution in [0.3, 0.4) is 0 Å². The van der Waals surface area contributed by atoms with E-state index in [1.807, 2.05) is 40.7 Å². The maximum Gasteiger partial charge on any atom is 0.251 e. The van der Waals surface area contributed by atoms with Crippen molar-refractivity contribution in [2.75, 3.05) is 6.54 Å². The van der Waals surface area contributed by atoms with E-state index in [1.54, 1.807) is 24.3 Å².